The third-order valence-electron chi connectivity index (χ3n) is 9.63. The summed E-state index contributed by atoms with van der Waals surface area (Å²) in [6.07, 6.45) is 2.99. The Hall–Kier alpha value is -6.18. The van der Waals surface area contributed by atoms with Gasteiger partial charge in [-0.3, -0.25) is 50.4 Å². The SMILES string of the molecule is N=C(N)NCCC[C@@H]1NC(=O)[C@H](CCCCN)NC(=O)[C@H](CCCNC(=N)N)NC(=O)[C@H](CCCNC(=N)N)NC(=O)[C@@H](CCCCN)NC(=O)[C@H](CCCNC(=N)N)NC1=O. The van der Waals surface area contributed by atoms with Gasteiger partial charge in [0.1, 0.15) is 36.3 Å². The van der Waals surface area contributed by atoms with Crippen LogP contribution in [0.15, 0.2) is 0 Å². The van der Waals surface area contributed by atoms with E-state index in [2.05, 4.69) is 53.2 Å². The lowest BCUT2D eigenvalue weighted by atomic mass is 10.0. The smallest absolute Gasteiger partial charge is 0.243 e. The fraction of sp³-hybridized carbons (Fsp3) is 0.722. The van der Waals surface area contributed by atoms with Crippen molar-refractivity contribution in [3.8, 4) is 0 Å². The number of nitrogens with two attached hydrogens (primary N) is 6. The van der Waals surface area contributed by atoms with Gasteiger partial charge in [-0.25, -0.2) is 0 Å². The maximum atomic E-state index is 14.1. The van der Waals surface area contributed by atoms with Crippen LogP contribution in [0.2, 0.25) is 0 Å². The summed E-state index contributed by atoms with van der Waals surface area (Å²) in [7, 11) is 0. The van der Waals surface area contributed by atoms with E-state index in [0.29, 0.717) is 38.8 Å². The van der Waals surface area contributed by atoms with Crippen molar-refractivity contribution in [2.24, 2.45) is 34.4 Å². The van der Waals surface area contributed by atoms with Crippen molar-refractivity contribution in [3.63, 3.8) is 0 Å². The molecule has 0 bridgehead atoms. The molecule has 0 aliphatic carbocycles. The third-order valence-corrected chi connectivity index (χ3v) is 9.63. The van der Waals surface area contributed by atoms with E-state index in [0.717, 1.165) is 0 Å². The van der Waals surface area contributed by atoms with Gasteiger partial charge in [-0.1, -0.05) is 0 Å². The minimum absolute atomic E-state index is 0.0107. The summed E-state index contributed by atoms with van der Waals surface area (Å²) in [6.45, 7) is 1.26. The highest BCUT2D eigenvalue weighted by Crippen LogP contribution is 2.11. The van der Waals surface area contributed by atoms with E-state index in [1.54, 1.807) is 0 Å². The van der Waals surface area contributed by atoms with Gasteiger partial charge < -0.3 is 87.6 Å². The number of unbranched alkanes of at least 4 members (excludes halogenated alkanes) is 2. The van der Waals surface area contributed by atoms with Crippen LogP contribution in [0, 0.1) is 21.6 Å². The quantitative estimate of drug-likeness (QED) is 0.0244. The van der Waals surface area contributed by atoms with Crippen LogP contribution in [-0.4, -0.2) is 135 Å². The van der Waals surface area contributed by atoms with Gasteiger partial charge in [0.2, 0.25) is 35.4 Å². The Labute approximate surface area is 362 Å². The fourth-order valence-corrected chi connectivity index (χ4v) is 6.35. The molecule has 6 atom stereocenters. The highest BCUT2D eigenvalue weighted by atomic mass is 16.2. The van der Waals surface area contributed by atoms with Crippen LogP contribution in [0.5, 0.6) is 0 Å². The molecule has 0 aromatic carbocycles. The van der Waals surface area contributed by atoms with Crippen molar-refractivity contribution < 1.29 is 28.8 Å². The molecule has 0 aromatic heterocycles. The van der Waals surface area contributed by atoms with Crippen LogP contribution in [0.25, 0.3) is 0 Å². The van der Waals surface area contributed by atoms with Crippen LogP contribution >= 0.6 is 0 Å². The van der Waals surface area contributed by atoms with E-state index in [1.165, 1.54) is 0 Å². The number of hydrogen-bond donors (Lipinski definition) is 20. The van der Waals surface area contributed by atoms with Crippen molar-refractivity contribution in [1.82, 2.24) is 53.2 Å². The third kappa shape index (κ3) is 23.6. The van der Waals surface area contributed by atoms with Crippen molar-refractivity contribution >= 4 is 59.3 Å². The normalized spacial score (nSPS) is 21.6. The predicted molar refractivity (Wildman–Crippen MR) is 234 cm³/mol. The molecule has 0 unspecified atom stereocenters. The molecule has 26 N–H and O–H groups in total. The molecule has 26 heteroatoms. The Kier molecular flexibility index (Phi) is 26.7. The summed E-state index contributed by atoms with van der Waals surface area (Å²) >= 11 is 0. The molecule has 0 aromatic rings. The number of hydrogen-bond acceptors (Lipinski definition) is 12. The van der Waals surface area contributed by atoms with Gasteiger partial charge in [-0.05, 0) is 103 Å². The number of amides is 6. The highest BCUT2D eigenvalue weighted by molar-refractivity contribution is 5.98. The summed E-state index contributed by atoms with van der Waals surface area (Å²) in [5, 5.41) is 56.8. The zero-order valence-electron chi connectivity index (χ0n) is 35.5. The first-order chi connectivity index (χ1) is 29.5. The van der Waals surface area contributed by atoms with E-state index < -0.39 is 71.7 Å². The Balaban J connectivity index is 3.85. The second-order valence-electron chi connectivity index (χ2n) is 14.9. The summed E-state index contributed by atoms with van der Waals surface area (Å²) in [5.74, 6) is -5.65. The second kappa shape index (κ2) is 30.8. The predicted octanol–water partition coefficient (Wildman–Crippen LogP) is -5.78. The maximum absolute atomic E-state index is 14.1. The average Bonchev–Trinajstić information content (AvgIpc) is 3.20. The zero-order valence-corrected chi connectivity index (χ0v) is 35.5. The molecule has 0 spiro atoms. The second-order valence-corrected chi connectivity index (χ2v) is 14.9. The molecule has 352 valence electrons. The Bertz CT molecular complexity index is 1350. The molecule has 62 heavy (non-hydrogen) atoms. The van der Waals surface area contributed by atoms with E-state index >= 15 is 0 Å². The van der Waals surface area contributed by atoms with Gasteiger partial charge in [-0.15, -0.1) is 0 Å². The van der Waals surface area contributed by atoms with Crippen LogP contribution in [-0.2, 0) is 28.8 Å². The molecule has 6 amide bonds. The molecule has 1 rings (SSSR count). The number of guanidine groups is 4. The van der Waals surface area contributed by atoms with Gasteiger partial charge in [-0.2, -0.15) is 0 Å². The number of rotatable bonds is 24. The number of nitrogens with one attached hydrogen (secondary N) is 14. The maximum Gasteiger partial charge on any atom is 0.243 e. The van der Waals surface area contributed by atoms with E-state index in [9.17, 15) is 28.8 Å². The van der Waals surface area contributed by atoms with Gasteiger partial charge in [0.15, 0.2) is 23.8 Å². The fourth-order valence-electron chi connectivity index (χ4n) is 6.35. The minimum atomic E-state index is -1.26. The van der Waals surface area contributed by atoms with Gasteiger partial charge in [0, 0.05) is 26.2 Å². The molecule has 1 fully saturated rings. The standard InChI is InChI=1S/C36H72N20O6/c37-15-3-1-9-21-27(57)53-25(13-7-19-49-35(43)44)31(61)56-24(12-6-18-48-34(41)42)30(60)52-22(10-2-4-16-38)28(58)54-26(14-8-20-50-36(45)46)32(62)55-23(29(59)51-21)11-5-17-47-33(39)40/h21-26H,1-20,37-38H2,(H,51,59)(H,52,60)(H,53,57)(H,54,58)(H,55,62)(H,56,61)(H4,39,40,47)(H4,41,42,48)(H4,43,44,49)(H4,45,46,50)/t21-,22+,23-,24-,25-,26-/m0/s1. The molecule has 0 saturated carbocycles. The molecule has 0 radical (unpaired) electrons. The molecule has 1 aliphatic heterocycles. The van der Waals surface area contributed by atoms with E-state index in [1.807, 2.05) is 0 Å². The average molecular weight is 881 g/mol. The van der Waals surface area contributed by atoms with Crippen LogP contribution in [0.1, 0.15) is 89.9 Å². The lowest BCUT2D eigenvalue weighted by Crippen LogP contribution is -2.61. The van der Waals surface area contributed by atoms with Crippen molar-refractivity contribution in [2.75, 3.05) is 39.3 Å². The van der Waals surface area contributed by atoms with Crippen LogP contribution in [0.4, 0.5) is 0 Å². The number of carbonyl (C=O) groups is 6. The van der Waals surface area contributed by atoms with Gasteiger partial charge >= 0.3 is 0 Å². The minimum Gasteiger partial charge on any atom is -0.370 e. The monoisotopic (exact) mass is 881 g/mol. The topological polar surface area (TPSA) is 474 Å². The van der Waals surface area contributed by atoms with Crippen LogP contribution < -0.4 is 87.6 Å². The first-order valence-corrected chi connectivity index (χ1v) is 21.0. The summed E-state index contributed by atoms with van der Waals surface area (Å²) < 4.78 is 0. The zero-order chi connectivity index (χ0) is 46.5. The van der Waals surface area contributed by atoms with Gasteiger partial charge in [0.05, 0.1) is 0 Å². The number of carbonyl (C=O) groups excluding carboxylic acids is 6. The Morgan fingerprint density at radius 3 is 0.694 bits per heavy atom. The summed E-state index contributed by atoms with van der Waals surface area (Å²) in [5.41, 5.74) is 33.2. The van der Waals surface area contributed by atoms with Crippen LogP contribution in [0.3, 0.4) is 0 Å². The molecule has 1 heterocycles. The van der Waals surface area contributed by atoms with Crippen molar-refractivity contribution in [2.45, 2.75) is 126 Å². The first kappa shape index (κ1) is 53.8. The molecular weight excluding hydrogens is 809 g/mol. The highest BCUT2D eigenvalue weighted by Gasteiger charge is 2.34. The lowest BCUT2D eigenvalue weighted by Gasteiger charge is -2.29. The first-order valence-electron chi connectivity index (χ1n) is 21.0. The summed E-state index contributed by atoms with van der Waals surface area (Å²) in [6, 6.07) is -7.47. The van der Waals surface area contributed by atoms with E-state index in [-0.39, 0.29) is 114 Å². The molecular formula is C36H72N20O6. The van der Waals surface area contributed by atoms with Gasteiger partial charge in [0.25, 0.3) is 0 Å². The molecule has 1 saturated heterocycles. The Morgan fingerprint density at radius 1 is 0.355 bits per heavy atom. The largest absolute Gasteiger partial charge is 0.370 e. The summed E-state index contributed by atoms with van der Waals surface area (Å²) in [4.78, 5) is 84.5. The molecule has 1 aliphatic rings. The van der Waals surface area contributed by atoms with E-state index in [4.69, 9.17) is 56.0 Å². The molecule has 26 nitrogen and oxygen atoms in total. The lowest BCUT2D eigenvalue weighted by molar-refractivity contribution is -0.137. The van der Waals surface area contributed by atoms with Crippen molar-refractivity contribution in [1.29, 1.82) is 21.6 Å². The Morgan fingerprint density at radius 2 is 0.532 bits per heavy atom. The van der Waals surface area contributed by atoms with Crippen molar-refractivity contribution in [3.05, 3.63) is 0 Å².